The molecule has 19 heavy (non-hydrogen) atoms. The highest BCUT2D eigenvalue weighted by molar-refractivity contribution is 9.10. The van der Waals surface area contributed by atoms with Crippen molar-refractivity contribution in [1.29, 1.82) is 0 Å². The normalized spacial score (nSPS) is 17.7. The van der Waals surface area contributed by atoms with Crippen LogP contribution in [-0.4, -0.2) is 20.6 Å². The molecule has 1 saturated carbocycles. The summed E-state index contributed by atoms with van der Waals surface area (Å²) in [5.41, 5.74) is 2.63. The molecule has 0 bridgehead atoms. The Morgan fingerprint density at radius 1 is 1.37 bits per heavy atom. The van der Waals surface area contributed by atoms with Gasteiger partial charge in [0.15, 0.2) is 0 Å². The van der Waals surface area contributed by atoms with Crippen LogP contribution in [0, 0.1) is 5.92 Å². The lowest BCUT2D eigenvalue weighted by atomic mass is 10.1. The highest BCUT2D eigenvalue weighted by Gasteiger charge is 2.17. The molecule has 3 heteroatoms. The topological polar surface area (TPSA) is 15.3 Å². The summed E-state index contributed by atoms with van der Waals surface area (Å²) < 4.78 is 1.20. The predicted octanol–water partition coefficient (Wildman–Crippen LogP) is 4.36. The van der Waals surface area contributed by atoms with Crippen molar-refractivity contribution in [3.63, 3.8) is 0 Å². The van der Waals surface area contributed by atoms with Crippen LogP contribution in [0.4, 0.5) is 5.69 Å². The molecule has 1 aliphatic rings. The van der Waals surface area contributed by atoms with E-state index in [4.69, 9.17) is 0 Å². The summed E-state index contributed by atoms with van der Waals surface area (Å²) in [7, 11) is 4.21. The summed E-state index contributed by atoms with van der Waals surface area (Å²) in [6.07, 6.45) is 5.64. The van der Waals surface area contributed by atoms with E-state index >= 15 is 0 Å². The van der Waals surface area contributed by atoms with E-state index in [1.165, 1.54) is 48.0 Å². The maximum Gasteiger partial charge on any atom is 0.0375 e. The van der Waals surface area contributed by atoms with E-state index in [1.807, 2.05) is 7.05 Å². The number of nitrogens with zero attached hydrogens (tertiary/aromatic N) is 1. The SMILES string of the molecule is CNC(C)c1ccc(N(C)CC2CCCC2)cc1Br. The van der Waals surface area contributed by atoms with Crippen molar-refractivity contribution in [3.8, 4) is 0 Å². The summed E-state index contributed by atoms with van der Waals surface area (Å²) in [4.78, 5) is 2.40. The van der Waals surface area contributed by atoms with Gasteiger partial charge in [0.2, 0.25) is 0 Å². The lowest BCUT2D eigenvalue weighted by Crippen LogP contribution is -2.24. The van der Waals surface area contributed by atoms with Crippen molar-refractivity contribution in [1.82, 2.24) is 5.32 Å². The first-order valence-electron chi connectivity index (χ1n) is 7.29. The Hall–Kier alpha value is -0.540. The molecule has 0 aliphatic heterocycles. The molecule has 1 aliphatic carbocycles. The van der Waals surface area contributed by atoms with Gasteiger partial charge in [0.05, 0.1) is 0 Å². The van der Waals surface area contributed by atoms with Crippen molar-refractivity contribution in [2.24, 2.45) is 5.92 Å². The number of rotatable bonds is 5. The van der Waals surface area contributed by atoms with Crippen LogP contribution in [-0.2, 0) is 0 Å². The molecule has 1 aromatic rings. The Morgan fingerprint density at radius 3 is 2.63 bits per heavy atom. The molecule has 2 rings (SSSR count). The summed E-state index contributed by atoms with van der Waals surface area (Å²) in [6.45, 7) is 3.37. The zero-order valence-electron chi connectivity index (χ0n) is 12.2. The average Bonchev–Trinajstić information content (AvgIpc) is 2.90. The van der Waals surface area contributed by atoms with Gasteiger partial charge in [-0.05, 0) is 50.4 Å². The Kier molecular flexibility index (Phi) is 5.28. The van der Waals surface area contributed by atoms with E-state index in [2.05, 4.69) is 58.3 Å². The van der Waals surface area contributed by atoms with E-state index in [0.29, 0.717) is 6.04 Å². The number of hydrogen-bond donors (Lipinski definition) is 1. The van der Waals surface area contributed by atoms with Crippen LogP contribution in [0.25, 0.3) is 0 Å². The van der Waals surface area contributed by atoms with Crippen LogP contribution in [0.1, 0.15) is 44.2 Å². The van der Waals surface area contributed by atoms with Gasteiger partial charge in [0.25, 0.3) is 0 Å². The molecule has 0 aromatic heterocycles. The monoisotopic (exact) mass is 324 g/mol. The van der Waals surface area contributed by atoms with Gasteiger partial charge in [0.1, 0.15) is 0 Å². The van der Waals surface area contributed by atoms with Crippen LogP contribution in [0.5, 0.6) is 0 Å². The number of benzene rings is 1. The molecule has 1 aromatic carbocycles. The second kappa shape index (κ2) is 6.76. The quantitative estimate of drug-likeness (QED) is 0.865. The third-order valence-corrected chi connectivity index (χ3v) is 5.02. The van der Waals surface area contributed by atoms with Gasteiger partial charge >= 0.3 is 0 Å². The van der Waals surface area contributed by atoms with Gasteiger partial charge in [-0.15, -0.1) is 0 Å². The Labute approximate surface area is 125 Å². The number of hydrogen-bond acceptors (Lipinski definition) is 2. The number of halogens is 1. The van der Waals surface area contributed by atoms with Crippen LogP contribution >= 0.6 is 15.9 Å². The highest BCUT2D eigenvalue weighted by Crippen LogP contribution is 2.30. The zero-order valence-corrected chi connectivity index (χ0v) is 13.8. The third kappa shape index (κ3) is 3.73. The summed E-state index contributed by atoms with van der Waals surface area (Å²) in [6, 6.07) is 7.09. The van der Waals surface area contributed by atoms with E-state index < -0.39 is 0 Å². The van der Waals surface area contributed by atoms with Crippen molar-refractivity contribution >= 4 is 21.6 Å². The van der Waals surface area contributed by atoms with Crippen LogP contribution in [0.2, 0.25) is 0 Å². The molecule has 0 saturated heterocycles. The van der Waals surface area contributed by atoms with Crippen LogP contribution in [0.3, 0.4) is 0 Å². The molecule has 0 radical (unpaired) electrons. The van der Waals surface area contributed by atoms with E-state index in [-0.39, 0.29) is 0 Å². The minimum atomic E-state index is 0.378. The summed E-state index contributed by atoms with van der Waals surface area (Å²) in [5.74, 6) is 0.889. The largest absolute Gasteiger partial charge is 0.374 e. The third-order valence-electron chi connectivity index (χ3n) is 4.33. The minimum absolute atomic E-state index is 0.378. The lowest BCUT2D eigenvalue weighted by Gasteiger charge is -2.24. The van der Waals surface area contributed by atoms with Crippen molar-refractivity contribution in [2.75, 3.05) is 25.5 Å². The molecule has 0 spiro atoms. The Bertz CT molecular complexity index is 413. The predicted molar refractivity (Wildman–Crippen MR) is 86.8 cm³/mol. The van der Waals surface area contributed by atoms with E-state index in [9.17, 15) is 0 Å². The van der Waals surface area contributed by atoms with Crippen molar-refractivity contribution < 1.29 is 0 Å². The molecule has 1 N–H and O–H groups in total. The number of nitrogens with one attached hydrogen (secondary N) is 1. The zero-order chi connectivity index (χ0) is 13.8. The second-order valence-corrected chi connectivity index (χ2v) is 6.60. The highest BCUT2D eigenvalue weighted by atomic mass is 79.9. The Balaban J connectivity index is 2.05. The van der Waals surface area contributed by atoms with E-state index in [1.54, 1.807) is 0 Å². The fourth-order valence-corrected chi connectivity index (χ4v) is 3.66. The number of anilines is 1. The molecule has 1 unspecified atom stereocenters. The van der Waals surface area contributed by atoms with E-state index in [0.717, 1.165) is 5.92 Å². The van der Waals surface area contributed by atoms with Gasteiger partial charge < -0.3 is 10.2 Å². The maximum absolute atomic E-state index is 3.70. The molecule has 0 amide bonds. The van der Waals surface area contributed by atoms with Crippen LogP contribution < -0.4 is 10.2 Å². The lowest BCUT2D eigenvalue weighted by molar-refractivity contribution is 0.547. The molecule has 0 heterocycles. The van der Waals surface area contributed by atoms with Crippen LogP contribution in [0.15, 0.2) is 22.7 Å². The minimum Gasteiger partial charge on any atom is -0.374 e. The average molecular weight is 325 g/mol. The maximum atomic E-state index is 3.70. The van der Waals surface area contributed by atoms with Crippen molar-refractivity contribution in [2.45, 2.75) is 38.6 Å². The smallest absolute Gasteiger partial charge is 0.0375 e. The Morgan fingerprint density at radius 2 is 2.05 bits per heavy atom. The van der Waals surface area contributed by atoms with Crippen molar-refractivity contribution in [3.05, 3.63) is 28.2 Å². The van der Waals surface area contributed by atoms with Gasteiger partial charge in [-0.1, -0.05) is 34.8 Å². The molecule has 1 fully saturated rings. The second-order valence-electron chi connectivity index (χ2n) is 5.75. The fourth-order valence-electron chi connectivity index (χ4n) is 2.95. The first-order valence-corrected chi connectivity index (χ1v) is 8.09. The first-order chi connectivity index (χ1) is 9.11. The fraction of sp³-hybridized carbons (Fsp3) is 0.625. The van der Waals surface area contributed by atoms with Gasteiger partial charge in [-0.25, -0.2) is 0 Å². The molecule has 2 nitrogen and oxygen atoms in total. The molecular weight excluding hydrogens is 300 g/mol. The molecule has 106 valence electrons. The summed E-state index contributed by atoms with van der Waals surface area (Å²) in [5, 5.41) is 3.29. The molecule has 1 atom stereocenters. The molecular formula is C16H25BrN2. The first kappa shape index (κ1) is 14.9. The standard InChI is InChI=1S/C16H25BrN2/c1-12(18-2)15-9-8-14(10-16(15)17)19(3)11-13-6-4-5-7-13/h8-10,12-13,18H,4-7,11H2,1-3H3. The van der Waals surface area contributed by atoms with Gasteiger partial charge in [-0.3, -0.25) is 0 Å². The summed E-state index contributed by atoms with van der Waals surface area (Å²) >= 11 is 3.70. The van der Waals surface area contributed by atoms with Gasteiger partial charge in [0, 0.05) is 29.8 Å². The van der Waals surface area contributed by atoms with Gasteiger partial charge in [-0.2, -0.15) is 0 Å².